The van der Waals surface area contributed by atoms with Crippen molar-refractivity contribution in [1.82, 2.24) is 14.7 Å². The summed E-state index contributed by atoms with van der Waals surface area (Å²) < 4.78 is 7.65. The molecule has 2 aromatic rings. The van der Waals surface area contributed by atoms with Crippen molar-refractivity contribution >= 4 is 27.5 Å². The molecule has 0 spiro atoms. The second-order valence-electron chi connectivity index (χ2n) is 6.04. The van der Waals surface area contributed by atoms with Gasteiger partial charge < -0.3 is 15.4 Å². The number of hydrogen-bond donors (Lipinski definition) is 1. The molecule has 1 saturated heterocycles. The monoisotopic (exact) mass is 336 g/mol. The zero-order valence-electron chi connectivity index (χ0n) is 13.7. The fourth-order valence-electron chi connectivity index (χ4n) is 3.03. The van der Waals surface area contributed by atoms with Gasteiger partial charge in [0.15, 0.2) is 0 Å². The number of aromatic nitrogens is 2. The molecule has 7 heteroatoms. The van der Waals surface area contributed by atoms with Gasteiger partial charge in [-0.1, -0.05) is 0 Å². The molecule has 6 nitrogen and oxygen atoms in total. The summed E-state index contributed by atoms with van der Waals surface area (Å²) in [5.41, 5.74) is 6.45. The molecule has 1 aliphatic heterocycles. The van der Waals surface area contributed by atoms with Crippen LogP contribution in [0.1, 0.15) is 34.6 Å². The SMILES string of the molecule is Cc1nn(C)c2sc(C(=O)N3CCC(OCCCN)CC3)cc12. The highest BCUT2D eigenvalue weighted by molar-refractivity contribution is 7.20. The maximum absolute atomic E-state index is 12.7. The topological polar surface area (TPSA) is 73.4 Å². The molecule has 1 amide bonds. The molecule has 0 radical (unpaired) electrons. The van der Waals surface area contributed by atoms with Crippen molar-refractivity contribution in [3.63, 3.8) is 0 Å². The van der Waals surface area contributed by atoms with Gasteiger partial charge in [0.25, 0.3) is 5.91 Å². The van der Waals surface area contributed by atoms with E-state index < -0.39 is 0 Å². The highest BCUT2D eigenvalue weighted by Gasteiger charge is 2.25. The van der Waals surface area contributed by atoms with Gasteiger partial charge in [0.2, 0.25) is 0 Å². The van der Waals surface area contributed by atoms with Gasteiger partial charge in [-0.25, -0.2) is 0 Å². The Labute approximate surface area is 140 Å². The number of carbonyl (C=O) groups excluding carboxylic acids is 1. The van der Waals surface area contributed by atoms with Crippen LogP contribution in [0.15, 0.2) is 6.07 Å². The predicted molar refractivity (Wildman–Crippen MR) is 91.9 cm³/mol. The summed E-state index contributed by atoms with van der Waals surface area (Å²) in [6.07, 6.45) is 2.97. The molecule has 1 fully saturated rings. The number of fused-ring (bicyclic) bond motifs is 1. The third-order valence-electron chi connectivity index (χ3n) is 4.34. The van der Waals surface area contributed by atoms with Gasteiger partial charge in [0, 0.05) is 32.1 Å². The number of piperidine rings is 1. The van der Waals surface area contributed by atoms with E-state index >= 15 is 0 Å². The van der Waals surface area contributed by atoms with Crippen LogP contribution in [-0.2, 0) is 11.8 Å². The minimum Gasteiger partial charge on any atom is -0.378 e. The summed E-state index contributed by atoms with van der Waals surface area (Å²) in [5.74, 6) is 0.131. The maximum atomic E-state index is 12.7. The molecule has 3 rings (SSSR count). The Hall–Kier alpha value is -1.44. The maximum Gasteiger partial charge on any atom is 0.264 e. The van der Waals surface area contributed by atoms with Gasteiger partial charge in [0.1, 0.15) is 4.83 Å². The first-order chi connectivity index (χ1) is 11.1. The van der Waals surface area contributed by atoms with Crippen molar-refractivity contribution in [2.45, 2.75) is 32.3 Å². The number of thiophene rings is 1. The third kappa shape index (κ3) is 3.41. The second kappa shape index (κ2) is 6.98. The average Bonchev–Trinajstić information content (AvgIpc) is 3.10. The Morgan fingerprint density at radius 3 is 2.87 bits per heavy atom. The molecular weight excluding hydrogens is 312 g/mol. The quantitative estimate of drug-likeness (QED) is 0.847. The summed E-state index contributed by atoms with van der Waals surface area (Å²) in [5, 5.41) is 5.47. The lowest BCUT2D eigenvalue weighted by Gasteiger charge is -2.31. The molecule has 0 unspecified atom stereocenters. The molecule has 23 heavy (non-hydrogen) atoms. The van der Waals surface area contributed by atoms with E-state index in [-0.39, 0.29) is 12.0 Å². The number of rotatable bonds is 5. The summed E-state index contributed by atoms with van der Waals surface area (Å²) in [4.78, 5) is 16.5. The van der Waals surface area contributed by atoms with Crippen LogP contribution in [0.3, 0.4) is 0 Å². The van der Waals surface area contributed by atoms with Crippen molar-refractivity contribution in [1.29, 1.82) is 0 Å². The van der Waals surface area contributed by atoms with Crippen LogP contribution in [0, 0.1) is 6.92 Å². The van der Waals surface area contributed by atoms with E-state index in [1.54, 1.807) is 0 Å². The Bertz CT molecular complexity index is 651. The normalized spacial score (nSPS) is 16.4. The van der Waals surface area contributed by atoms with E-state index in [4.69, 9.17) is 10.5 Å². The number of nitrogens with zero attached hydrogens (tertiary/aromatic N) is 3. The number of amides is 1. The minimum absolute atomic E-state index is 0.131. The molecule has 3 heterocycles. The number of likely N-dealkylation sites (tertiary alicyclic amines) is 1. The van der Waals surface area contributed by atoms with E-state index in [2.05, 4.69) is 5.10 Å². The number of carbonyl (C=O) groups is 1. The lowest BCUT2D eigenvalue weighted by atomic mass is 10.1. The Morgan fingerprint density at radius 2 is 2.22 bits per heavy atom. The Morgan fingerprint density at radius 1 is 1.48 bits per heavy atom. The molecule has 0 aliphatic carbocycles. The zero-order chi connectivity index (χ0) is 16.4. The van der Waals surface area contributed by atoms with Gasteiger partial charge in [-0.15, -0.1) is 11.3 Å². The van der Waals surface area contributed by atoms with Crippen LogP contribution in [0.25, 0.3) is 10.2 Å². The largest absolute Gasteiger partial charge is 0.378 e. The molecule has 2 aromatic heterocycles. The molecule has 2 N–H and O–H groups in total. The van der Waals surface area contributed by atoms with Crippen LogP contribution < -0.4 is 5.73 Å². The highest BCUT2D eigenvalue weighted by atomic mass is 32.1. The molecular formula is C16H24N4O2S. The van der Waals surface area contributed by atoms with Crippen molar-refractivity contribution in [3.8, 4) is 0 Å². The number of aryl methyl sites for hydroxylation is 2. The van der Waals surface area contributed by atoms with E-state index in [1.165, 1.54) is 11.3 Å². The first-order valence-corrected chi connectivity index (χ1v) is 8.96. The summed E-state index contributed by atoms with van der Waals surface area (Å²) in [6, 6.07) is 1.98. The van der Waals surface area contributed by atoms with Gasteiger partial charge in [0.05, 0.1) is 16.7 Å². The summed E-state index contributed by atoms with van der Waals surface area (Å²) >= 11 is 1.53. The molecule has 0 bridgehead atoms. The lowest BCUT2D eigenvalue weighted by Crippen LogP contribution is -2.40. The van der Waals surface area contributed by atoms with Gasteiger partial charge in [-0.3, -0.25) is 9.48 Å². The fraction of sp³-hybridized carbons (Fsp3) is 0.625. The average molecular weight is 336 g/mol. The molecule has 0 aromatic carbocycles. The van der Waals surface area contributed by atoms with E-state index in [0.717, 1.165) is 59.7 Å². The smallest absolute Gasteiger partial charge is 0.264 e. The minimum atomic E-state index is 0.131. The standard InChI is InChI=1S/C16H24N4O2S/c1-11-13-10-14(23-16(13)19(2)18-11)15(21)20-7-4-12(5-8-20)22-9-3-6-17/h10,12H,3-9,17H2,1-2H3. The van der Waals surface area contributed by atoms with E-state index in [9.17, 15) is 4.79 Å². The van der Waals surface area contributed by atoms with Crippen molar-refractivity contribution in [2.75, 3.05) is 26.2 Å². The zero-order valence-corrected chi connectivity index (χ0v) is 14.6. The number of hydrogen-bond acceptors (Lipinski definition) is 5. The van der Waals surface area contributed by atoms with Crippen LogP contribution in [0.5, 0.6) is 0 Å². The van der Waals surface area contributed by atoms with Crippen LogP contribution in [0.2, 0.25) is 0 Å². The molecule has 0 atom stereocenters. The second-order valence-corrected chi connectivity index (χ2v) is 7.07. The van der Waals surface area contributed by atoms with Crippen molar-refractivity contribution < 1.29 is 9.53 Å². The fourth-order valence-corrected chi connectivity index (χ4v) is 4.12. The Kier molecular flexibility index (Phi) is 4.99. The number of ether oxygens (including phenoxy) is 1. The predicted octanol–water partition coefficient (Wildman–Crippen LogP) is 1.91. The van der Waals surface area contributed by atoms with E-state index in [1.807, 2.05) is 29.6 Å². The highest BCUT2D eigenvalue weighted by Crippen LogP contribution is 2.29. The van der Waals surface area contributed by atoms with Gasteiger partial charge in [-0.2, -0.15) is 5.10 Å². The van der Waals surface area contributed by atoms with Gasteiger partial charge >= 0.3 is 0 Å². The van der Waals surface area contributed by atoms with Crippen molar-refractivity contribution in [2.24, 2.45) is 12.8 Å². The van der Waals surface area contributed by atoms with Gasteiger partial charge in [-0.05, 0) is 38.8 Å². The summed E-state index contributed by atoms with van der Waals surface area (Å²) in [6.45, 7) is 4.89. The number of nitrogens with two attached hydrogens (primary N) is 1. The summed E-state index contributed by atoms with van der Waals surface area (Å²) in [7, 11) is 1.92. The molecule has 1 aliphatic rings. The Balaban J connectivity index is 1.61. The first kappa shape index (κ1) is 16.4. The van der Waals surface area contributed by atoms with Crippen LogP contribution in [0.4, 0.5) is 0 Å². The van der Waals surface area contributed by atoms with Crippen LogP contribution >= 0.6 is 11.3 Å². The lowest BCUT2D eigenvalue weighted by molar-refractivity contribution is 0.00858. The third-order valence-corrected chi connectivity index (χ3v) is 5.53. The molecule has 0 saturated carbocycles. The van der Waals surface area contributed by atoms with E-state index in [0.29, 0.717) is 6.54 Å². The van der Waals surface area contributed by atoms with Crippen LogP contribution in [-0.4, -0.2) is 52.9 Å². The molecule has 126 valence electrons. The first-order valence-electron chi connectivity index (χ1n) is 8.14. The van der Waals surface area contributed by atoms with Crippen molar-refractivity contribution in [3.05, 3.63) is 16.6 Å².